The molecule has 1 aliphatic heterocycles. The number of para-hydroxylation sites is 1. The van der Waals surface area contributed by atoms with Crippen LogP contribution in [0.15, 0.2) is 30.3 Å². The number of hydrogen-bond acceptors (Lipinski definition) is 5. The topological polar surface area (TPSA) is 79.9 Å². The molecule has 2 aromatic rings. The summed E-state index contributed by atoms with van der Waals surface area (Å²) < 4.78 is 11.0. The van der Waals surface area contributed by atoms with Gasteiger partial charge < -0.3 is 20.1 Å². The Morgan fingerprint density at radius 1 is 1.00 bits per heavy atom. The van der Waals surface area contributed by atoms with Crippen molar-refractivity contribution in [1.82, 2.24) is 4.90 Å². The number of carbonyl (C=O) groups is 2. The number of nitrogens with zero attached hydrogens (tertiary/aromatic N) is 1. The summed E-state index contributed by atoms with van der Waals surface area (Å²) in [6, 6.07) is 9.09. The molecule has 1 aliphatic rings. The third kappa shape index (κ3) is 5.40. The second-order valence-electron chi connectivity index (χ2n) is 7.01. The van der Waals surface area contributed by atoms with Crippen LogP contribution in [0, 0.1) is 13.8 Å². The number of benzene rings is 2. The van der Waals surface area contributed by atoms with Crippen molar-refractivity contribution >= 4 is 34.8 Å². The van der Waals surface area contributed by atoms with Crippen molar-refractivity contribution in [3.63, 3.8) is 0 Å². The van der Waals surface area contributed by atoms with E-state index in [-0.39, 0.29) is 24.9 Å². The predicted octanol–water partition coefficient (Wildman–Crippen LogP) is 3.24. The summed E-state index contributed by atoms with van der Waals surface area (Å²) in [6.07, 6.45) is 0. The van der Waals surface area contributed by atoms with E-state index in [0.29, 0.717) is 35.4 Å². The molecule has 0 saturated heterocycles. The van der Waals surface area contributed by atoms with Crippen LogP contribution in [-0.4, -0.2) is 50.1 Å². The number of hydrogen-bond donors (Lipinski definition) is 2. The largest absolute Gasteiger partial charge is 0.486 e. The summed E-state index contributed by atoms with van der Waals surface area (Å²) >= 11 is 6.22. The first-order valence-corrected chi connectivity index (χ1v) is 9.65. The first-order valence-electron chi connectivity index (χ1n) is 9.27. The van der Waals surface area contributed by atoms with Gasteiger partial charge >= 0.3 is 0 Å². The summed E-state index contributed by atoms with van der Waals surface area (Å²) in [7, 11) is 1.70. The zero-order chi connectivity index (χ0) is 21.0. The summed E-state index contributed by atoms with van der Waals surface area (Å²) in [6.45, 7) is 4.90. The standard InChI is InChI=1S/C21H24ClN3O4/c1-13-5-4-6-14(2)21(13)24-20(27)12-25(3)11-19(26)23-16-10-18-17(9-15(16)22)28-7-8-29-18/h4-6,9-10H,7-8,11-12H2,1-3H3,(H,23,26)(H,24,27). The van der Waals surface area contributed by atoms with Crippen LogP contribution in [0.5, 0.6) is 11.5 Å². The van der Waals surface area contributed by atoms with Gasteiger partial charge in [0.1, 0.15) is 13.2 Å². The van der Waals surface area contributed by atoms with Crippen LogP contribution in [0.25, 0.3) is 0 Å². The van der Waals surface area contributed by atoms with Crippen molar-refractivity contribution in [2.75, 3.05) is 44.0 Å². The molecule has 0 aliphatic carbocycles. The van der Waals surface area contributed by atoms with E-state index in [1.807, 2.05) is 32.0 Å². The normalized spacial score (nSPS) is 12.6. The van der Waals surface area contributed by atoms with Crippen molar-refractivity contribution in [1.29, 1.82) is 0 Å². The smallest absolute Gasteiger partial charge is 0.238 e. The Bertz CT molecular complexity index is 912. The lowest BCUT2D eigenvalue weighted by Gasteiger charge is -2.21. The van der Waals surface area contributed by atoms with Gasteiger partial charge in [-0.05, 0) is 32.0 Å². The van der Waals surface area contributed by atoms with Gasteiger partial charge in [0.15, 0.2) is 11.5 Å². The summed E-state index contributed by atoms with van der Waals surface area (Å²) in [5.41, 5.74) is 3.23. The van der Waals surface area contributed by atoms with Crippen LogP contribution < -0.4 is 20.1 Å². The number of fused-ring (bicyclic) bond motifs is 1. The first kappa shape index (κ1) is 21.0. The van der Waals surface area contributed by atoms with Gasteiger partial charge in [0, 0.05) is 17.8 Å². The SMILES string of the molecule is Cc1cccc(C)c1NC(=O)CN(C)CC(=O)Nc1cc2c(cc1Cl)OCCO2. The molecular formula is C21H24ClN3O4. The number of rotatable bonds is 6. The van der Waals surface area contributed by atoms with Crippen LogP contribution in [-0.2, 0) is 9.59 Å². The maximum absolute atomic E-state index is 12.4. The predicted molar refractivity (Wildman–Crippen MR) is 113 cm³/mol. The van der Waals surface area contributed by atoms with Crippen molar-refractivity contribution in [2.45, 2.75) is 13.8 Å². The first-order chi connectivity index (χ1) is 13.8. The molecule has 0 aromatic heterocycles. The molecule has 2 N–H and O–H groups in total. The fourth-order valence-electron chi connectivity index (χ4n) is 3.09. The van der Waals surface area contributed by atoms with E-state index < -0.39 is 0 Å². The zero-order valence-electron chi connectivity index (χ0n) is 16.7. The van der Waals surface area contributed by atoms with E-state index in [1.165, 1.54) is 0 Å². The number of halogens is 1. The molecule has 0 radical (unpaired) electrons. The van der Waals surface area contributed by atoms with Crippen LogP contribution >= 0.6 is 11.6 Å². The third-order valence-electron chi connectivity index (χ3n) is 4.48. The van der Waals surface area contributed by atoms with Gasteiger partial charge in [-0.25, -0.2) is 0 Å². The third-order valence-corrected chi connectivity index (χ3v) is 4.79. The van der Waals surface area contributed by atoms with Crippen molar-refractivity contribution in [3.05, 3.63) is 46.5 Å². The van der Waals surface area contributed by atoms with Gasteiger partial charge in [-0.2, -0.15) is 0 Å². The van der Waals surface area contributed by atoms with E-state index >= 15 is 0 Å². The Morgan fingerprint density at radius 2 is 1.55 bits per heavy atom. The minimum Gasteiger partial charge on any atom is -0.486 e. The number of anilines is 2. The number of amides is 2. The van der Waals surface area contributed by atoms with E-state index in [2.05, 4.69) is 10.6 Å². The summed E-state index contributed by atoms with van der Waals surface area (Å²) in [5.74, 6) is 0.623. The van der Waals surface area contributed by atoms with Gasteiger partial charge in [0.25, 0.3) is 0 Å². The highest BCUT2D eigenvalue weighted by atomic mass is 35.5. The number of carbonyl (C=O) groups excluding carboxylic acids is 2. The Labute approximate surface area is 174 Å². The Morgan fingerprint density at radius 3 is 2.17 bits per heavy atom. The second kappa shape index (κ2) is 9.15. The average Bonchev–Trinajstić information content (AvgIpc) is 2.65. The highest BCUT2D eigenvalue weighted by molar-refractivity contribution is 6.34. The molecule has 8 heteroatoms. The summed E-state index contributed by atoms with van der Waals surface area (Å²) in [4.78, 5) is 26.4. The fraction of sp³-hybridized carbons (Fsp3) is 0.333. The van der Waals surface area contributed by atoms with Crippen molar-refractivity contribution in [2.24, 2.45) is 0 Å². The molecule has 2 amide bonds. The number of aryl methyl sites for hydroxylation is 2. The van der Waals surface area contributed by atoms with Crippen molar-refractivity contribution in [3.8, 4) is 11.5 Å². The van der Waals surface area contributed by atoms with Gasteiger partial charge in [0.05, 0.1) is 23.8 Å². The molecule has 1 heterocycles. The Hall–Kier alpha value is -2.77. The monoisotopic (exact) mass is 417 g/mol. The lowest BCUT2D eigenvalue weighted by molar-refractivity contribution is -0.119. The molecule has 2 aromatic carbocycles. The molecule has 0 saturated carbocycles. The lowest BCUT2D eigenvalue weighted by Crippen LogP contribution is -2.36. The molecule has 154 valence electrons. The molecular weight excluding hydrogens is 394 g/mol. The van der Waals surface area contributed by atoms with Gasteiger partial charge in [-0.15, -0.1) is 0 Å². The quantitative estimate of drug-likeness (QED) is 0.754. The Balaban J connectivity index is 1.55. The van der Waals surface area contributed by atoms with Crippen LogP contribution in [0.3, 0.4) is 0 Å². The molecule has 0 unspecified atom stereocenters. The van der Waals surface area contributed by atoms with Crippen LogP contribution in [0.2, 0.25) is 5.02 Å². The molecule has 7 nitrogen and oxygen atoms in total. The van der Waals surface area contributed by atoms with E-state index in [4.69, 9.17) is 21.1 Å². The fourth-order valence-corrected chi connectivity index (χ4v) is 3.29. The molecule has 0 bridgehead atoms. The minimum absolute atomic E-state index is 0.0327. The highest BCUT2D eigenvalue weighted by Crippen LogP contribution is 2.37. The molecule has 0 fully saturated rings. The zero-order valence-corrected chi connectivity index (χ0v) is 17.4. The number of nitrogens with one attached hydrogen (secondary N) is 2. The number of likely N-dealkylation sites (N-methyl/N-ethyl adjacent to an activating group) is 1. The Kier molecular flexibility index (Phi) is 6.61. The van der Waals surface area contributed by atoms with Crippen molar-refractivity contribution < 1.29 is 19.1 Å². The van der Waals surface area contributed by atoms with Gasteiger partial charge in [0.2, 0.25) is 11.8 Å². The molecule has 0 spiro atoms. The molecule has 3 rings (SSSR count). The molecule has 0 atom stereocenters. The van der Waals surface area contributed by atoms with Gasteiger partial charge in [-0.1, -0.05) is 29.8 Å². The second-order valence-corrected chi connectivity index (χ2v) is 7.42. The number of ether oxygens (including phenoxy) is 2. The van der Waals surface area contributed by atoms with Crippen LogP contribution in [0.1, 0.15) is 11.1 Å². The van der Waals surface area contributed by atoms with E-state index in [1.54, 1.807) is 24.1 Å². The maximum Gasteiger partial charge on any atom is 0.238 e. The van der Waals surface area contributed by atoms with Gasteiger partial charge in [-0.3, -0.25) is 14.5 Å². The average molecular weight is 418 g/mol. The molecule has 29 heavy (non-hydrogen) atoms. The summed E-state index contributed by atoms with van der Waals surface area (Å²) in [5, 5.41) is 6.02. The van der Waals surface area contributed by atoms with E-state index in [0.717, 1.165) is 16.8 Å². The lowest BCUT2D eigenvalue weighted by atomic mass is 10.1. The van der Waals surface area contributed by atoms with Crippen LogP contribution in [0.4, 0.5) is 11.4 Å². The van der Waals surface area contributed by atoms with E-state index in [9.17, 15) is 9.59 Å². The highest BCUT2D eigenvalue weighted by Gasteiger charge is 2.18. The minimum atomic E-state index is -0.286. The maximum atomic E-state index is 12.4.